The maximum atomic E-state index is 11.0. The molecule has 0 saturated heterocycles. The lowest BCUT2D eigenvalue weighted by Crippen LogP contribution is -2.06. The minimum Gasteiger partial charge on any atom is -0.478 e. The first kappa shape index (κ1) is 24.9. The zero-order valence-corrected chi connectivity index (χ0v) is 18.0. The second kappa shape index (κ2) is 14.8. The molecule has 2 rings (SSSR count). The van der Waals surface area contributed by atoms with Crippen LogP contribution < -0.4 is 0 Å². The van der Waals surface area contributed by atoms with Crippen molar-refractivity contribution in [3.63, 3.8) is 0 Å². The Morgan fingerprint density at radius 3 is 1.87 bits per heavy atom. The Morgan fingerprint density at radius 1 is 0.900 bits per heavy atom. The van der Waals surface area contributed by atoms with Crippen LogP contribution in [0.2, 0.25) is 0 Å². The number of benzene rings is 2. The summed E-state index contributed by atoms with van der Waals surface area (Å²) in [5.74, 6) is -1.13. The number of unbranched alkanes of at least 4 members (excludes halogenated alkanes) is 1. The van der Waals surface area contributed by atoms with Gasteiger partial charge in [0.05, 0.1) is 6.61 Å². The molecule has 0 heterocycles. The molecule has 1 N–H and O–H groups in total. The van der Waals surface area contributed by atoms with Crippen molar-refractivity contribution in [1.29, 1.82) is 0 Å². The van der Waals surface area contributed by atoms with Gasteiger partial charge in [0.1, 0.15) is 0 Å². The number of carboxylic acids is 1. The third-order valence-electron chi connectivity index (χ3n) is 4.33. The van der Waals surface area contributed by atoms with Crippen molar-refractivity contribution >= 4 is 11.9 Å². The highest BCUT2D eigenvalue weighted by Gasteiger charge is 2.02. The van der Waals surface area contributed by atoms with E-state index in [4.69, 9.17) is 9.84 Å². The maximum absolute atomic E-state index is 11.0. The molecule has 0 bridgehead atoms. The lowest BCUT2D eigenvalue weighted by molar-refractivity contribution is -0.139. The van der Waals surface area contributed by atoms with E-state index in [1.807, 2.05) is 36.4 Å². The van der Waals surface area contributed by atoms with Crippen molar-refractivity contribution in [1.82, 2.24) is 0 Å². The van der Waals surface area contributed by atoms with Crippen LogP contribution in [0.1, 0.15) is 44.2 Å². The van der Waals surface area contributed by atoms with Crippen LogP contribution in [0.4, 0.5) is 0 Å². The van der Waals surface area contributed by atoms with E-state index in [1.54, 1.807) is 19.9 Å². The molecule has 160 valence electrons. The van der Waals surface area contributed by atoms with E-state index >= 15 is 0 Å². The first-order valence-corrected chi connectivity index (χ1v) is 10.2. The van der Waals surface area contributed by atoms with Gasteiger partial charge in [-0.3, -0.25) is 0 Å². The number of hydrogen-bond donors (Lipinski definition) is 1. The van der Waals surface area contributed by atoms with Crippen LogP contribution in [-0.4, -0.2) is 23.7 Å². The number of carbonyl (C=O) groups excluding carboxylic acids is 1. The first-order valence-electron chi connectivity index (χ1n) is 10.2. The molecule has 0 amide bonds. The van der Waals surface area contributed by atoms with Crippen molar-refractivity contribution < 1.29 is 19.4 Å². The molecule has 4 nitrogen and oxygen atoms in total. The van der Waals surface area contributed by atoms with Gasteiger partial charge in [0, 0.05) is 11.1 Å². The standard InChI is InChI=1S/2C13H16O2/c1-11(2)13(14)15-10-6-9-12-7-4-3-5-8-12;1-11(13(14)15)7-5-6-10-12-8-3-2-4-9-12/h3-5,7-8H,1,6,9-10H2,2H3;2-4,7-9H,5-6,10H2,1H3,(H,14,15). The number of carbonyl (C=O) groups is 2. The molecule has 0 saturated carbocycles. The average Bonchev–Trinajstić information content (AvgIpc) is 2.75. The zero-order chi connectivity index (χ0) is 22.2. The fourth-order valence-electron chi connectivity index (χ4n) is 2.57. The van der Waals surface area contributed by atoms with E-state index in [1.165, 1.54) is 11.1 Å². The highest BCUT2D eigenvalue weighted by atomic mass is 16.5. The molecule has 4 heteroatoms. The largest absolute Gasteiger partial charge is 0.478 e. The molecule has 30 heavy (non-hydrogen) atoms. The third kappa shape index (κ3) is 11.6. The molecule has 0 aliphatic heterocycles. The molecule has 2 aromatic rings. The van der Waals surface area contributed by atoms with E-state index in [9.17, 15) is 9.59 Å². The predicted molar refractivity (Wildman–Crippen MR) is 121 cm³/mol. The quantitative estimate of drug-likeness (QED) is 0.307. The van der Waals surface area contributed by atoms with Gasteiger partial charge in [-0.2, -0.15) is 0 Å². The van der Waals surface area contributed by atoms with Gasteiger partial charge in [0.2, 0.25) is 0 Å². The van der Waals surface area contributed by atoms with Crippen LogP contribution in [0.15, 0.2) is 84.5 Å². The molecule has 0 spiro atoms. The van der Waals surface area contributed by atoms with Crippen LogP contribution >= 0.6 is 0 Å². The normalized spacial score (nSPS) is 10.5. The van der Waals surface area contributed by atoms with Crippen molar-refractivity contribution in [2.45, 2.75) is 46.0 Å². The number of carboxylic acid groups (broad SMARTS) is 1. The monoisotopic (exact) mass is 408 g/mol. The molecular weight excluding hydrogens is 376 g/mol. The molecule has 2 aromatic carbocycles. The predicted octanol–water partition coefficient (Wildman–Crippen LogP) is 5.78. The molecular formula is C26H32O4. The smallest absolute Gasteiger partial charge is 0.333 e. The first-order chi connectivity index (χ1) is 14.4. The summed E-state index contributed by atoms with van der Waals surface area (Å²) in [5, 5.41) is 8.63. The van der Waals surface area contributed by atoms with Gasteiger partial charge in [0.25, 0.3) is 0 Å². The van der Waals surface area contributed by atoms with Gasteiger partial charge < -0.3 is 9.84 Å². The lowest BCUT2D eigenvalue weighted by Gasteiger charge is -2.04. The van der Waals surface area contributed by atoms with Crippen LogP contribution in [0, 0.1) is 0 Å². The van der Waals surface area contributed by atoms with E-state index < -0.39 is 5.97 Å². The van der Waals surface area contributed by atoms with Crippen molar-refractivity contribution in [2.75, 3.05) is 6.61 Å². The van der Waals surface area contributed by atoms with E-state index in [2.05, 4.69) is 30.8 Å². The summed E-state index contributed by atoms with van der Waals surface area (Å²) in [4.78, 5) is 21.5. The van der Waals surface area contributed by atoms with Gasteiger partial charge in [-0.1, -0.05) is 73.3 Å². The topological polar surface area (TPSA) is 63.6 Å². The summed E-state index contributed by atoms with van der Waals surface area (Å²) in [6.07, 6.45) is 6.39. The molecule has 0 aliphatic carbocycles. The number of aryl methyl sites for hydroxylation is 2. The summed E-state index contributed by atoms with van der Waals surface area (Å²) in [6.45, 7) is 7.26. The number of hydrogen-bond acceptors (Lipinski definition) is 3. The Morgan fingerprint density at radius 2 is 1.40 bits per heavy atom. The minimum atomic E-state index is -0.824. The Hall–Kier alpha value is -3.14. The lowest BCUT2D eigenvalue weighted by atomic mass is 10.1. The van der Waals surface area contributed by atoms with Crippen LogP contribution in [0.5, 0.6) is 0 Å². The Kier molecular flexibility index (Phi) is 12.3. The van der Waals surface area contributed by atoms with Crippen LogP contribution in [0.3, 0.4) is 0 Å². The summed E-state index contributed by atoms with van der Waals surface area (Å²) in [7, 11) is 0. The Balaban J connectivity index is 0.000000300. The highest BCUT2D eigenvalue weighted by molar-refractivity contribution is 5.87. The van der Waals surface area contributed by atoms with Crippen molar-refractivity contribution in [3.05, 3.63) is 95.6 Å². The molecule has 0 atom stereocenters. The van der Waals surface area contributed by atoms with Crippen LogP contribution in [0.25, 0.3) is 0 Å². The van der Waals surface area contributed by atoms with Gasteiger partial charge in [0.15, 0.2) is 0 Å². The van der Waals surface area contributed by atoms with E-state index in [0.29, 0.717) is 17.8 Å². The minimum absolute atomic E-state index is 0.303. The van der Waals surface area contributed by atoms with E-state index in [-0.39, 0.29) is 5.97 Å². The highest BCUT2D eigenvalue weighted by Crippen LogP contribution is 2.06. The van der Waals surface area contributed by atoms with Crippen molar-refractivity contribution in [3.8, 4) is 0 Å². The second-order valence-corrected chi connectivity index (χ2v) is 7.08. The SMILES string of the molecule is C=C(C)C(=O)OCCCc1ccccc1.CC(=CCCCc1ccccc1)C(=O)O. The van der Waals surface area contributed by atoms with E-state index in [0.717, 1.165) is 32.1 Å². The maximum Gasteiger partial charge on any atom is 0.333 e. The molecule has 0 fully saturated rings. The number of ether oxygens (including phenoxy) is 1. The Labute approximate surface area is 179 Å². The second-order valence-electron chi connectivity index (χ2n) is 7.08. The molecule has 0 radical (unpaired) electrons. The summed E-state index contributed by atoms with van der Waals surface area (Å²) in [5.41, 5.74) is 3.46. The van der Waals surface area contributed by atoms with Gasteiger partial charge >= 0.3 is 11.9 Å². The zero-order valence-electron chi connectivity index (χ0n) is 18.0. The average molecular weight is 409 g/mol. The molecule has 0 aliphatic rings. The number of aliphatic carboxylic acids is 1. The number of rotatable bonds is 10. The number of esters is 1. The summed E-state index contributed by atoms with van der Waals surface area (Å²) < 4.78 is 4.99. The van der Waals surface area contributed by atoms with Gasteiger partial charge in [-0.05, 0) is 57.1 Å². The number of allylic oxidation sites excluding steroid dienone is 1. The van der Waals surface area contributed by atoms with Crippen LogP contribution in [-0.2, 0) is 27.2 Å². The fraction of sp³-hybridized carbons (Fsp3) is 0.308. The van der Waals surface area contributed by atoms with Gasteiger partial charge in [-0.25, -0.2) is 9.59 Å². The molecule has 0 aromatic heterocycles. The van der Waals surface area contributed by atoms with Crippen molar-refractivity contribution in [2.24, 2.45) is 0 Å². The summed E-state index contributed by atoms with van der Waals surface area (Å²) >= 11 is 0. The van der Waals surface area contributed by atoms with Gasteiger partial charge in [-0.15, -0.1) is 0 Å². The Bertz CT molecular complexity index is 807. The molecule has 0 unspecified atom stereocenters. The third-order valence-corrected chi connectivity index (χ3v) is 4.33. The summed E-state index contributed by atoms with van der Waals surface area (Å²) in [6, 6.07) is 20.4. The fourth-order valence-corrected chi connectivity index (χ4v) is 2.57.